The van der Waals surface area contributed by atoms with Gasteiger partial charge in [0.25, 0.3) is 0 Å². The molecule has 158 valence electrons. The number of carboxylic acid groups (broad SMARTS) is 1. The van der Waals surface area contributed by atoms with Crippen LogP contribution in [0.3, 0.4) is 0 Å². The first-order valence-corrected chi connectivity index (χ1v) is 11.1. The number of hydrogen-bond donors (Lipinski definition) is 2. The van der Waals surface area contributed by atoms with Crippen LogP contribution in [0.25, 0.3) is 17.0 Å². The summed E-state index contributed by atoms with van der Waals surface area (Å²) in [5, 5.41) is 19.0. The number of aliphatic carboxylic acids is 1. The number of nitrogens with zero attached hydrogens (tertiary/aromatic N) is 3. The molecule has 2 heterocycles. The van der Waals surface area contributed by atoms with Crippen LogP contribution in [0, 0.1) is 0 Å². The SMILES string of the molecule is CCc1nc(S/C(=C\c2cn(Cc3ccc(Cl)c(Cl)c3)c3ccccc23)C(=O)O)n[nH]1. The molecule has 2 aromatic carbocycles. The maximum absolute atomic E-state index is 11.9. The fourth-order valence-electron chi connectivity index (χ4n) is 3.21. The van der Waals surface area contributed by atoms with Crippen LogP contribution in [-0.2, 0) is 17.8 Å². The second-order valence-electron chi connectivity index (χ2n) is 6.81. The minimum absolute atomic E-state index is 0.138. The van der Waals surface area contributed by atoms with Crippen LogP contribution >= 0.6 is 35.0 Å². The van der Waals surface area contributed by atoms with Crippen molar-refractivity contribution in [3.8, 4) is 0 Å². The molecule has 4 rings (SSSR count). The van der Waals surface area contributed by atoms with Gasteiger partial charge in [-0.05, 0) is 41.6 Å². The molecular weight excluding hydrogens is 455 g/mol. The lowest BCUT2D eigenvalue weighted by atomic mass is 10.1. The summed E-state index contributed by atoms with van der Waals surface area (Å²) >= 11 is 13.2. The van der Waals surface area contributed by atoms with E-state index < -0.39 is 5.97 Å². The lowest BCUT2D eigenvalue weighted by Gasteiger charge is -2.06. The Morgan fingerprint density at radius 3 is 2.74 bits per heavy atom. The number of aromatic amines is 1. The number of aromatic nitrogens is 4. The zero-order valence-corrected chi connectivity index (χ0v) is 18.8. The first-order valence-electron chi connectivity index (χ1n) is 9.50. The highest BCUT2D eigenvalue weighted by Gasteiger charge is 2.16. The van der Waals surface area contributed by atoms with Gasteiger partial charge >= 0.3 is 5.97 Å². The highest BCUT2D eigenvalue weighted by Crippen LogP contribution is 2.30. The van der Waals surface area contributed by atoms with Gasteiger partial charge in [0.05, 0.1) is 10.0 Å². The summed E-state index contributed by atoms with van der Waals surface area (Å²) in [6.45, 7) is 2.52. The molecule has 4 aromatic rings. The number of thioether (sulfide) groups is 1. The molecule has 0 saturated carbocycles. The number of nitrogens with one attached hydrogen (secondary N) is 1. The Morgan fingerprint density at radius 2 is 2.03 bits per heavy atom. The monoisotopic (exact) mass is 472 g/mol. The van der Waals surface area contributed by atoms with Crippen molar-refractivity contribution in [1.29, 1.82) is 0 Å². The Morgan fingerprint density at radius 1 is 1.23 bits per heavy atom. The smallest absolute Gasteiger partial charge is 0.342 e. The molecule has 0 radical (unpaired) electrons. The van der Waals surface area contributed by atoms with E-state index in [2.05, 4.69) is 19.7 Å². The largest absolute Gasteiger partial charge is 0.477 e. The minimum Gasteiger partial charge on any atom is -0.477 e. The summed E-state index contributed by atoms with van der Waals surface area (Å²) in [5.41, 5.74) is 2.78. The first-order chi connectivity index (χ1) is 14.9. The van der Waals surface area contributed by atoms with E-state index in [-0.39, 0.29) is 4.91 Å². The van der Waals surface area contributed by atoms with Crippen molar-refractivity contribution in [2.24, 2.45) is 0 Å². The summed E-state index contributed by atoms with van der Waals surface area (Å²) in [5.74, 6) is -0.320. The van der Waals surface area contributed by atoms with Crippen LogP contribution < -0.4 is 0 Å². The molecule has 0 aliphatic carbocycles. The molecule has 0 aliphatic rings. The third-order valence-electron chi connectivity index (χ3n) is 4.70. The van der Waals surface area contributed by atoms with Crippen molar-refractivity contribution in [1.82, 2.24) is 19.7 Å². The second-order valence-corrected chi connectivity index (χ2v) is 8.64. The van der Waals surface area contributed by atoms with Gasteiger partial charge in [-0.1, -0.05) is 54.4 Å². The van der Waals surface area contributed by atoms with Gasteiger partial charge in [0.2, 0.25) is 5.16 Å². The van der Waals surface area contributed by atoms with E-state index in [1.165, 1.54) is 0 Å². The molecule has 0 bridgehead atoms. The van der Waals surface area contributed by atoms with E-state index in [1.54, 1.807) is 12.1 Å². The zero-order chi connectivity index (χ0) is 22.0. The van der Waals surface area contributed by atoms with Gasteiger partial charge in [0, 0.05) is 35.6 Å². The number of H-pyrrole nitrogens is 1. The van der Waals surface area contributed by atoms with Gasteiger partial charge in [-0.3, -0.25) is 5.10 Å². The molecule has 0 saturated heterocycles. The molecule has 0 amide bonds. The summed E-state index contributed by atoms with van der Waals surface area (Å²) in [6.07, 6.45) is 4.29. The zero-order valence-electron chi connectivity index (χ0n) is 16.5. The topological polar surface area (TPSA) is 83.8 Å². The van der Waals surface area contributed by atoms with Crippen molar-refractivity contribution < 1.29 is 9.90 Å². The fraction of sp³-hybridized carbons (Fsp3) is 0.136. The molecule has 0 unspecified atom stereocenters. The Kier molecular flexibility index (Phi) is 6.36. The lowest BCUT2D eigenvalue weighted by Crippen LogP contribution is -1.98. The maximum Gasteiger partial charge on any atom is 0.342 e. The van der Waals surface area contributed by atoms with E-state index in [1.807, 2.05) is 49.5 Å². The third kappa shape index (κ3) is 4.79. The predicted octanol–water partition coefficient (Wildman–Crippen LogP) is 5.89. The summed E-state index contributed by atoms with van der Waals surface area (Å²) in [7, 11) is 0. The van der Waals surface area contributed by atoms with Crippen molar-refractivity contribution in [3.05, 3.63) is 80.6 Å². The molecule has 0 aliphatic heterocycles. The van der Waals surface area contributed by atoms with Crippen molar-refractivity contribution >= 4 is 57.9 Å². The second kappa shape index (κ2) is 9.18. The van der Waals surface area contributed by atoms with Crippen LogP contribution in [0.5, 0.6) is 0 Å². The predicted molar refractivity (Wildman–Crippen MR) is 125 cm³/mol. The van der Waals surface area contributed by atoms with Crippen LogP contribution in [-0.4, -0.2) is 30.8 Å². The van der Waals surface area contributed by atoms with Crippen molar-refractivity contribution in [2.45, 2.75) is 25.0 Å². The normalized spacial score (nSPS) is 11.9. The number of fused-ring (bicyclic) bond motifs is 1. The quantitative estimate of drug-likeness (QED) is 0.258. The Bertz CT molecular complexity index is 1300. The molecule has 6 nitrogen and oxygen atoms in total. The van der Waals surface area contributed by atoms with E-state index >= 15 is 0 Å². The van der Waals surface area contributed by atoms with Crippen molar-refractivity contribution in [3.63, 3.8) is 0 Å². The van der Waals surface area contributed by atoms with Crippen LogP contribution in [0.2, 0.25) is 10.0 Å². The van der Waals surface area contributed by atoms with Gasteiger partial charge < -0.3 is 9.67 Å². The highest BCUT2D eigenvalue weighted by molar-refractivity contribution is 8.04. The van der Waals surface area contributed by atoms with Gasteiger partial charge in [-0.25, -0.2) is 9.78 Å². The highest BCUT2D eigenvalue weighted by atomic mass is 35.5. The minimum atomic E-state index is -1.03. The third-order valence-corrected chi connectivity index (χ3v) is 6.32. The average molecular weight is 473 g/mol. The van der Waals surface area contributed by atoms with Crippen molar-refractivity contribution in [2.75, 3.05) is 0 Å². The summed E-state index contributed by atoms with van der Waals surface area (Å²) in [4.78, 5) is 16.3. The Hall–Kier alpha value is -2.74. The maximum atomic E-state index is 11.9. The average Bonchev–Trinajstić information content (AvgIpc) is 3.35. The molecule has 0 fully saturated rings. The number of carbonyl (C=O) groups is 1. The van der Waals surface area contributed by atoms with E-state index in [0.29, 0.717) is 34.0 Å². The van der Waals surface area contributed by atoms with E-state index in [9.17, 15) is 9.90 Å². The molecule has 2 aromatic heterocycles. The summed E-state index contributed by atoms with van der Waals surface area (Å²) in [6, 6.07) is 13.4. The molecular formula is C22H18Cl2N4O2S. The van der Waals surface area contributed by atoms with Gasteiger partial charge in [0.15, 0.2) is 0 Å². The van der Waals surface area contributed by atoms with Crippen LogP contribution in [0.4, 0.5) is 0 Å². The van der Waals surface area contributed by atoms with Crippen LogP contribution in [0.1, 0.15) is 23.9 Å². The number of aryl methyl sites for hydroxylation is 1. The lowest BCUT2D eigenvalue weighted by molar-refractivity contribution is -0.131. The Balaban J connectivity index is 1.72. The molecule has 0 atom stereocenters. The number of benzene rings is 2. The number of hydrogen-bond acceptors (Lipinski definition) is 4. The number of para-hydroxylation sites is 1. The van der Waals surface area contributed by atoms with Gasteiger partial charge in [0.1, 0.15) is 10.7 Å². The van der Waals surface area contributed by atoms with E-state index in [4.69, 9.17) is 23.2 Å². The Labute approximate surface area is 192 Å². The van der Waals surface area contributed by atoms with Crippen LogP contribution in [0.15, 0.2) is 58.7 Å². The summed E-state index contributed by atoms with van der Waals surface area (Å²) < 4.78 is 2.06. The number of halogens is 2. The number of rotatable bonds is 7. The van der Waals surface area contributed by atoms with Gasteiger partial charge in [-0.15, -0.1) is 5.10 Å². The van der Waals surface area contributed by atoms with Gasteiger partial charge in [-0.2, -0.15) is 0 Å². The molecule has 0 spiro atoms. The number of carboxylic acids is 1. The van der Waals surface area contributed by atoms with E-state index in [0.717, 1.165) is 33.8 Å². The molecule has 31 heavy (non-hydrogen) atoms. The molecule has 2 N–H and O–H groups in total. The standard InChI is InChI=1S/C22H18Cl2N4O2S/c1-2-20-25-22(27-26-20)31-19(21(29)30)10-14-12-28(18-6-4-3-5-15(14)18)11-13-7-8-16(23)17(24)9-13/h3-10,12H,2,11H2,1H3,(H,29,30)(H,25,26,27)/b19-10-. The first kappa shape index (κ1) is 21.5. The fourth-order valence-corrected chi connectivity index (χ4v) is 4.25. The molecule has 9 heteroatoms.